The maximum atomic E-state index is 12.0. The number of nitrogens with one attached hydrogen (secondary N) is 1. The highest BCUT2D eigenvalue weighted by atomic mass is 79.9. The van der Waals surface area contributed by atoms with Gasteiger partial charge in [0.2, 0.25) is 0 Å². The number of thiazole rings is 1. The summed E-state index contributed by atoms with van der Waals surface area (Å²) in [6.07, 6.45) is 0. The Morgan fingerprint density at radius 3 is 2.85 bits per heavy atom. The zero-order valence-corrected chi connectivity index (χ0v) is 13.3. The fourth-order valence-corrected chi connectivity index (χ4v) is 3.36. The van der Waals surface area contributed by atoms with Crippen LogP contribution in [-0.4, -0.2) is 10.9 Å². The first kappa shape index (κ1) is 13.3. The second-order valence-electron chi connectivity index (χ2n) is 4.51. The van der Waals surface area contributed by atoms with Crippen molar-refractivity contribution in [2.24, 2.45) is 0 Å². The molecule has 0 unspecified atom stereocenters. The van der Waals surface area contributed by atoms with Crippen LogP contribution in [0.25, 0.3) is 10.2 Å². The highest BCUT2D eigenvalue weighted by Gasteiger charge is 2.14. The van der Waals surface area contributed by atoms with Gasteiger partial charge in [0.25, 0.3) is 5.91 Å². The summed E-state index contributed by atoms with van der Waals surface area (Å²) >= 11 is 4.63. The smallest absolute Gasteiger partial charge is 0.293 e. The van der Waals surface area contributed by atoms with E-state index in [4.69, 9.17) is 4.42 Å². The van der Waals surface area contributed by atoms with Gasteiger partial charge in [0, 0.05) is 0 Å². The van der Waals surface area contributed by atoms with Gasteiger partial charge in [0.15, 0.2) is 15.6 Å². The summed E-state index contributed by atoms with van der Waals surface area (Å²) in [6.45, 7) is 4.06. The van der Waals surface area contributed by atoms with Crippen molar-refractivity contribution in [1.82, 2.24) is 4.98 Å². The Bertz CT molecular complexity index is 807. The summed E-state index contributed by atoms with van der Waals surface area (Å²) in [5, 5.41) is 3.34. The Morgan fingerprint density at radius 1 is 1.35 bits per heavy atom. The van der Waals surface area contributed by atoms with Crippen LogP contribution in [0.1, 0.15) is 21.7 Å². The highest BCUT2D eigenvalue weighted by Crippen LogP contribution is 2.29. The van der Waals surface area contributed by atoms with Crippen molar-refractivity contribution >= 4 is 48.5 Å². The number of hydrogen-bond donors (Lipinski definition) is 1. The number of nitrogens with zero attached hydrogens (tertiary/aromatic N) is 1. The summed E-state index contributed by atoms with van der Waals surface area (Å²) in [6, 6.07) is 7.44. The van der Waals surface area contributed by atoms with Crippen LogP contribution in [0, 0.1) is 13.8 Å². The topological polar surface area (TPSA) is 55.1 Å². The first-order valence-corrected chi connectivity index (χ1v) is 7.58. The molecule has 0 fully saturated rings. The minimum atomic E-state index is -0.302. The van der Waals surface area contributed by atoms with Crippen molar-refractivity contribution in [3.8, 4) is 0 Å². The largest absolute Gasteiger partial charge is 0.444 e. The molecule has 0 aliphatic heterocycles. The number of furan rings is 1. The van der Waals surface area contributed by atoms with E-state index in [2.05, 4.69) is 38.4 Å². The first-order valence-electron chi connectivity index (χ1n) is 5.97. The van der Waals surface area contributed by atoms with Crippen molar-refractivity contribution < 1.29 is 9.21 Å². The van der Waals surface area contributed by atoms with E-state index in [0.717, 1.165) is 15.8 Å². The van der Waals surface area contributed by atoms with Crippen molar-refractivity contribution in [2.75, 3.05) is 5.32 Å². The Kier molecular flexibility index (Phi) is 3.35. The fraction of sp³-hybridized carbons (Fsp3) is 0.143. The molecule has 0 saturated heterocycles. The molecule has 20 heavy (non-hydrogen) atoms. The average Bonchev–Trinajstić information content (AvgIpc) is 2.95. The van der Waals surface area contributed by atoms with Crippen molar-refractivity contribution in [3.05, 3.63) is 45.8 Å². The number of aromatic nitrogens is 1. The maximum Gasteiger partial charge on any atom is 0.293 e. The Morgan fingerprint density at radius 2 is 2.15 bits per heavy atom. The summed E-state index contributed by atoms with van der Waals surface area (Å²) in [7, 11) is 0. The Hall–Kier alpha value is -1.66. The van der Waals surface area contributed by atoms with E-state index in [1.54, 1.807) is 12.1 Å². The van der Waals surface area contributed by atoms with Crippen molar-refractivity contribution in [3.63, 3.8) is 0 Å². The van der Waals surface area contributed by atoms with Crippen LogP contribution >= 0.6 is 27.3 Å². The number of carbonyl (C=O) groups excluding carboxylic acids is 1. The molecule has 0 spiro atoms. The van der Waals surface area contributed by atoms with Crippen molar-refractivity contribution in [2.45, 2.75) is 13.8 Å². The molecular weight excluding hydrogens is 340 g/mol. The highest BCUT2D eigenvalue weighted by molar-refractivity contribution is 9.10. The predicted molar refractivity (Wildman–Crippen MR) is 83.5 cm³/mol. The quantitative estimate of drug-likeness (QED) is 0.739. The third-order valence-electron chi connectivity index (χ3n) is 2.85. The van der Waals surface area contributed by atoms with E-state index in [-0.39, 0.29) is 11.7 Å². The second-order valence-corrected chi connectivity index (χ2v) is 6.32. The first-order chi connectivity index (χ1) is 9.52. The molecule has 0 atom stereocenters. The van der Waals surface area contributed by atoms with Gasteiger partial charge in [-0.05, 0) is 59.1 Å². The summed E-state index contributed by atoms with van der Waals surface area (Å²) in [5.74, 6) is -0.0480. The van der Waals surface area contributed by atoms with Gasteiger partial charge in [0.1, 0.15) is 0 Å². The minimum Gasteiger partial charge on any atom is -0.444 e. The van der Waals surface area contributed by atoms with Crippen LogP contribution in [0.2, 0.25) is 0 Å². The van der Waals surface area contributed by atoms with Crippen LogP contribution in [0.5, 0.6) is 0 Å². The van der Waals surface area contributed by atoms with Gasteiger partial charge in [0.05, 0.1) is 10.2 Å². The third kappa shape index (κ3) is 2.48. The molecule has 6 heteroatoms. The predicted octanol–water partition coefficient (Wildman–Crippen LogP) is 4.52. The van der Waals surface area contributed by atoms with E-state index >= 15 is 0 Å². The monoisotopic (exact) mass is 350 g/mol. The SMILES string of the molecule is Cc1cc(C)c2nc(NC(=O)c3ccc(Br)o3)sc2c1. The van der Waals surface area contributed by atoms with Gasteiger partial charge >= 0.3 is 0 Å². The molecule has 2 heterocycles. The second kappa shape index (κ2) is 5.03. The van der Waals surface area contributed by atoms with Gasteiger partial charge in [-0.2, -0.15) is 0 Å². The van der Waals surface area contributed by atoms with Gasteiger partial charge < -0.3 is 4.42 Å². The van der Waals surface area contributed by atoms with Gasteiger partial charge in [-0.25, -0.2) is 4.98 Å². The van der Waals surface area contributed by atoms with Gasteiger partial charge in [-0.15, -0.1) is 0 Å². The zero-order chi connectivity index (χ0) is 14.3. The lowest BCUT2D eigenvalue weighted by Gasteiger charge is -1.97. The van der Waals surface area contributed by atoms with E-state index < -0.39 is 0 Å². The number of carbonyl (C=O) groups is 1. The van der Waals surface area contributed by atoms with Gasteiger partial charge in [-0.1, -0.05) is 17.4 Å². The molecule has 1 amide bonds. The van der Waals surface area contributed by atoms with Crippen LogP contribution in [0.15, 0.2) is 33.4 Å². The number of amides is 1. The molecule has 3 aromatic rings. The molecule has 2 aromatic heterocycles. The molecule has 0 radical (unpaired) electrons. The number of benzene rings is 1. The molecule has 0 aliphatic rings. The number of fused-ring (bicyclic) bond motifs is 1. The lowest BCUT2D eigenvalue weighted by Crippen LogP contribution is -2.10. The third-order valence-corrected chi connectivity index (χ3v) is 4.19. The summed E-state index contributed by atoms with van der Waals surface area (Å²) in [5.41, 5.74) is 3.22. The maximum absolute atomic E-state index is 12.0. The molecule has 0 bridgehead atoms. The summed E-state index contributed by atoms with van der Waals surface area (Å²) < 4.78 is 6.81. The van der Waals surface area contributed by atoms with Crippen LogP contribution < -0.4 is 5.32 Å². The molecular formula is C14H11BrN2O2S. The molecule has 0 saturated carbocycles. The number of hydrogen-bond acceptors (Lipinski definition) is 4. The number of rotatable bonds is 2. The van der Waals surface area contributed by atoms with Crippen LogP contribution in [0.3, 0.4) is 0 Å². The molecule has 3 rings (SSSR count). The minimum absolute atomic E-state index is 0.254. The van der Waals surface area contributed by atoms with E-state index in [0.29, 0.717) is 9.80 Å². The molecule has 1 aromatic carbocycles. The van der Waals surface area contributed by atoms with E-state index in [1.807, 2.05) is 13.8 Å². The lowest BCUT2D eigenvalue weighted by atomic mass is 10.1. The van der Waals surface area contributed by atoms with E-state index in [9.17, 15) is 4.79 Å². The number of halogens is 1. The molecule has 1 N–H and O–H groups in total. The Labute approximate surface area is 127 Å². The number of aryl methyl sites for hydroxylation is 2. The average molecular weight is 351 g/mol. The zero-order valence-electron chi connectivity index (χ0n) is 10.9. The molecule has 102 valence electrons. The summed E-state index contributed by atoms with van der Waals surface area (Å²) in [4.78, 5) is 16.5. The fourth-order valence-electron chi connectivity index (χ4n) is 2.02. The van der Waals surface area contributed by atoms with Crippen LogP contribution in [-0.2, 0) is 0 Å². The Balaban J connectivity index is 1.91. The van der Waals surface area contributed by atoms with Crippen molar-refractivity contribution in [1.29, 1.82) is 0 Å². The normalized spacial score (nSPS) is 10.9. The molecule has 4 nitrogen and oxygen atoms in total. The number of anilines is 1. The van der Waals surface area contributed by atoms with Crippen LogP contribution in [0.4, 0.5) is 5.13 Å². The molecule has 0 aliphatic carbocycles. The van der Waals surface area contributed by atoms with Gasteiger partial charge in [-0.3, -0.25) is 10.1 Å². The lowest BCUT2D eigenvalue weighted by molar-refractivity contribution is 0.0995. The standard InChI is InChI=1S/C14H11BrN2O2S/c1-7-5-8(2)12-10(6-7)20-14(16-12)17-13(18)9-3-4-11(15)19-9/h3-6H,1-2H3,(H,16,17,18). The van der Waals surface area contributed by atoms with E-state index in [1.165, 1.54) is 16.9 Å².